The summed E-state index contributed by atoms with van der Waals surface area (Å²) in [5, 5.41) is 4.41. The summed E-state index contributed by atoms with van der Waals surface area (Å²) in [4.78, 5) is 2.24. The van der Waals surface area contributed by atoms with Crippen LogP contribution in [0.2, 0.25) is 5.02 Å². The molecule has 1 aromatic carbocycles. The zero-order valence-corrected chi connectivity index (χ0v) is 15.5. The zero-order valence-electron chi connectivity index (χ0n) is 14.7. The van der Waals surface area contributed by atoms with Gasteiger partial charge in [-0.25, -0.2) is 0 Å². The zero-order chi connectivity index (χ0) is 16.4. The van der Waals surface area contributed by atoms with E-state index >= 15 is 0 Å². The molecule has 0 saturated carbocycles. The first-order valence-electron chi connectivity index (χ1n) is 8.60. The van der Waals surface area contributed by atoms with Gasteiger partial charge in [0.05, 0.1) is 0 Å². The van der Waals surface area contributed by atoms with Crippen LogP contribution in [-0.4, -0.2) is 38.6 Å². The summed E-state index contributed by atoms with van der Waals surface area (Å²) in [5.41, 5.74) is 1.43. The lowest BCUT2D eigenvalue weighted by atomic mass is 9.89. The van der Waals surface area contributed by atoms with E-state index in [0.717, 1.165) is 30.6 Å². The first-order chi connectivity index (χ1) is 10.5. The first kappa shape index (κ1) is 19.5. The molecule has 1 rings (SSSR count). The molecule has 0 aliphatic heterocycles. The smallest absolute Gasteiger partial charge is 0.0406 e. The van der Waals surface area contributed by atoms with Gasteiger partial charge in [-0.05, 0) is 82.5 Å². The van der Waals surface area contributed by atoms with Gasteiger partial charge in [-0.15, -0.1) is 0 Å². The third-order valence-corrected chi connectivity index (χ3v) is 4.31. The van der Waals surface area contributed by atoms with E-state index < -0.39 is 0 Å². The van der Waals surface area contributed by atoms with Crippen LogP contribution in [0.25, 0.3) is 0 Å². The molecule has 126 valence electrons. The van der Waals surface area contributed by atoms with Gasteiger partial charge < -0.3 is 10.2 Å². The fraction of sp³-hybridized carbons (Fsp3) is 0.684. The van der Waals surface area contributed by atoms with Crippen molar-refractivity contribution in [3.8, 4) is 0 Å². The summed E-state index contributed by atoms with van der Waals surface area (Å²) in [7, 11) is 4.25. The Hall–Kier alpha value is -0.570. The molecule has 0 spiro atoms. The number of nitrogens with zero attached hydrogens (tertiary/aromatic N) is 1. The standard InChI is InChI=1S/C19H33ClN2/c1-16(2)6-7-18(17-8-10-19(20)11-9-17)12-14-21-13-5-15-22(3)4/h8-11,16,18,21H,5-7,12-15H2,1-4H3. The first-order valence-corrected chi connectivity index (χ1v) is 8.97. The second-order valence-electron chi connectivity index (χ2n) is 6.92. The molecule has 2 nitrogen and oxygen atoms in total. The molecule has 0 aliphatic carbocycles. The minimum absolute atomic E-state index is 0.640. The van der Waals surface area contributed by atoms with Crippen molar-refractivity contribution in [3.63, 3.8) is 0 Å². The molecule has 0 bridgehead atoms. The lowest BCUT2D eigenvalue weighted by Gasteiger charge is -2.19. The van der Waals surface area contributed by atoms with Crippen LogP contribution >= 0.6 is 11.6 Å². The van der Waals surface area contributed by atoms with Gasteiger partial charge in [0.25, 0.3) is 0 Å². The molecular formula is C19H33ClN2. The van der Waals surface area contributed by atoms with Gasteiger partial charge in [-0.3, -0.25) is 0 Å². The molecule has 0 amide bonds. The number of hydrogen-bond acceptors (Lipinski definition) is 2. The van der Waals surface area contributed by atoms with Gasteiger partial charge in [0.1, 0.15) is 0 Å². The lowest BCUT2D eigenvalue weighted by molar-refractivity contribution is 0.392. The topological polar surface area (TPSA) is 15.3 Å². The Morgan fingerprint density at radius 1 is 1.00 bits per heavy atom. The summed E-state index contributed by atoms with van der Waals surface area (Å²) in [5.74, 6) is 1.41. The van der Waals surface area contributed by atoms with Gasteiger partial charge in [0, 0.05) is 5.02 Å². The van der Waals surface area contributed by atoms with Crippen LogP contribution in [0.5, 0.6) is 0 Å². The summed E-state index contributed by atoms with van der Waals surface area (Å²) in [6.07, 6.45) is 4.97. The summed E-state index contributed by atoms with van der Waals surface area (Å²) in [6, 6.07) is 8.42. The molecule has 0 aliphatic rings. The minimum atomic E-state index is 0.640. The predicted molar refractivity (Wildman–Crippen MR) is 98.9 cm³/mol. The molecule has 1 unspecified atom stereocenters. The van der Waals surface area contributed by atoms with Gasteiger partial charge in [-0.1, -0.05) is 44.0 Å². The Balaban J connectivity index is 2.40. The van der Waals surface area contributed by atoms with Crippen molar-refractivity contribution in [3.05, 3.63) is 34.9 Å². The number of benzene rings is 1. The monoisotopic (exact) mass is 324 g/mol. The van der Waals surface area contributed by atoms with Crippen LogP contribution in [0.1, 0.15) is 51.0 Å². The van der Waals surface area contributed by atoms with Crippen LogP contribution < -0.4 is 5.32 Å². The van der Waals surface area contributed by atoms with Crippen LogP contribution in [-0.2, 0) is 0 Å². The summed E-state index contributed by atoms with van der Waals surface area (Å²) < 4.78 is 0. The summed E-state index contributed by atoms with van der Waals surface area (Å²) in [6.45, 7) is 7.96. The van der Waals surface area contributed by atoms with Crippen molar-refractivity contribution >= 4 is 11.6 Å². The van der Waals surface area contributed by atoms with Crippen LogP contribution in [0, 0.1) is 5.92 Å². The van der Waals surface area contributed by atoms with E-state index in [-0.39, 0.29) is 0 Å². The molecular weight excluding hydrogens is 292 g/mol. The third kappa shape index (κ3) is 8.77. The maximum Gasteiger partial charge on any atom is 0.0406 e. The molecule has 0 aromatic heterocycles. The SMILES string of the molecule is CC(C)CCC(CCNCCCN(C)C)c1ccc(Cl)cc1. The average Bonchev–Trinajstić information content (AvgIpc) is 2.46. The number of hydrogen-bond donors (Lipinski definition) is 1. The maximum atomic E-state index is 6.01. The third-order valence-electron chi connectivity index (χ3n) is 4.06. The van der Waals surface area contributed by atoms with Crippen LogP contribution in [0.15, 0.2) is 24.3 Å². The number of halogens is 1. The highest BCUT2D eigenvalue weighted by molar-refractivity contribution is 6.30. The van der Waals surface area contributed by atoms with Crippen LogP contribution in [0.4, 0.5) is 0 Å². The Labute approximate surface area is 142 Å². The van der Waals surface area contributed by atoms with E-state index in [1.165, 1.54) is 31.2 Å². The fourth-order valence-corrected chi connectivity index (χ4v) is 2.79. The largest absolute Gasteiger partial charge is 0.317 e. The van der Waals surface area contributed by atoms with Gasteiger partial charge in [-0.2, -0.15) is 0 Å². The molecule has 0 heterocycles. The normalized spacial score (nSPS) is 13.0. The van der Waals surface area contributed by atoms with E-state index in [9.17, 15) is 0 Å². The van der Waals surface area contributed by atoms with E-state index in [0.29, 0.717) is 5.92 Å². The highest BCUT2D eigenvalue weighted by Gasteiger charge is 2.12. The van der Waals surface area contributed by atoms with Crippen molar-refractivity contribution in [1.82, 2.24) is 10.2 Å². The average molecular weight is 325 g/mol. The van der Waals surface area contributed by atoms with Crippen molar-refractivity contribution in [2.24, 2.45) is 5.92 Å². The summed E-state index contributed by atoms with van der Waals surface area (Å²) >= 11 is 6.01. The molecule has 3 heteroatoms. The Kier molecular flexibility index (Phi) is 9.77. The van der Waals surface area contributed by atoms with Crippen molar-refractivity contribution in [1.29, 1.82) is 0 Å². The van der Waals surface area contributed by atoms with E-state index in [2.05, 4.69) is 50.3 Å². The molecule has 1 atom stereocenters. The van der Waals surface area contributed by atoms with E-state index in [1.807, 2.05) is 12.1 Å². The van der Waals surface area contributed by atoms with E-state index in [1.54, 1.807) is 0 Å². The molecule has 22 heavy (non-hydrogen) atoms. The molecule has 1 N–H and O–H groups in total. The van der Waals surface area contributed by atoms with Crippen LogP contribution in [0.3, 0.4) is 0 Å². The van der Waals surface area contributed by atoms with Gasteiger partial charge in [0.15, 0.2) is 0 Å². The Bertz CT molecular complexity index is 387. The van der Waals surface area contributed by atoms with Gasteiger partial charge >= 0.3 is 0 Å². The van der Waals surface area contributed by atoms with Crippen molar-refractivity contribution < 1.29 is 0 Å². The lowest BCUT2D eigenvalue weighted by Crippen LogP contribution is -2.23. The Morgan fingerprint density at radius 2 is 1.68 bits per heavy atom. The van der Waals surface area contributed by atoms with Crippen molar-refractivity contribution in [2.75, 3.05) is 33.7 Å². The maximum absolute atomic E-state index is 6.01. The molecule has 1 aromatic rings. The van der Waals surface area contributed by atoms with E-state index in [4.69, 9.17) is 11.6 Å². The predicted octanol–water partition coefficient (Wildman–Crippen LogP) is 4.79. The Morgan fingerprint density at radius 3 is 2.27 bits per heavy atom. The van der Waals surface area contributed by atoms with Crippen molar-refractivity contribution in [2.45, 2.75) is 45.4 Å². The van der Waals surface area contributed by atoms with Gasteiger partial charge in [0.2, 0.25) is 0 Å². The molecule has 0 fully saturated rings. The minimum Gasteiger partial charge on any atom is -0.317 e. The quantitative estimate of drug-likeness (QED) is 0.589. The number of nitrogens with one attached hydrogen (secondary N) is 1. The second kappa shape index (κ2) is 11.0. The highest BCUT2D eigenvalue weighted by Crippen LogP contribution is 2.27. The second-order valence-corrected chi connectivity index (χ2v) is 7.35. The number of rotatable bonds is 11. The molecule has 0 saturated heterocycles. The molecule has 0 radical (unpaired) electrons. The highest BCUT2D eigenvalue weighted by atomic mass is 35.5. The fourth-order valence-electron chi connectivity index (χ4n) is 2.67.